The number of amides is 1. The van der Waals surface area contributed by atoms with Crippen LogP contribution in [0.4, 0.5) is 0 Å². The van der Waals surface area contributed by atoms with Crippen LogP contribution in [-0.4, -0.2) is 66.8 Å². The fraction of sp³-hybridized carbons (Fsp3) is 0.733. The minimum absolute atomic E-state index is 0.0296. The van der Waals surface area contributed by atoms with E-state index in [0.717, 1.165) is 11.8 Å². The molecule has 0 spiro atoms. The van der Waals surface area contributed by atoms with Crippen molar-refractivity contribution in [3.8, 4) is 0 Å². The summed E-state index contributed by atoms with van der Waals surface area (Å²) >= 11 is 0.946. The lowest BCUT2D eigenvalue weighted by molar-refractivity contribution is -0.873. The molecule has 0 fully saturated rings. The molecule has 132 valence electrons. The average Bonchev–Trinajstić information content (AvgIpc) is 2.30. The number of carbonyl (C=O) groups excluding carboxylic acids is 4. The molecule has 7 nitrogen and oxygen atoms in total. The summed E-state index contributed by atoms with van der Waals surface area (Å²) in [4.78, 5) is 45.6. The smallest absolute Gasteiger partial charge is 0.303 e. The third-order valence-electron chi connectivity index (χ3n) is 2.86. The second kappa shape index (κ2) is 9.67. The van der Waals surface area contributed by atoms with Gasteiger partial charge in [0.05, 0.1) is 33.5 Å². The Bertz CT molecular complexity index is 459. The van der Waals surface area contributed by atoms with Crippen LogP contribution in [0.5, 0.6) is 0 Å². The van der Waals surface area contributed by atoms with Gasteiger partial charge in [0.15, 0.2) is 11.2 Å². The molecule has 0 aliphatic rings. The van der Waals surface area contributed by atoms with Gasteiger partial charge in [0.25, 0.3) is 0 Å². The summed E-state index contributed by atoms with van der Waals surface area (Å²) in [7, 11) is 5.80. The summed E-state index contributed by atoms with van der Waals surface area (Å²) in [5, 5.41) is -0.195. The van der Waals surface area contributed by atoms with Crippen LogP contribution in [0.25, 0.3) is 0 Å². The van der Waals surface area contributed by atoms with Gasteiger partial charge < -0.3 is 19.7 Å². The second-order valence-electron chi connectivity index (χ2n) is 6.60. The number of hydrogen-bond donors (Lipinski definition) is 1. The summed E-state index contributed by atoms with van der Waals surface area (Å²) in [6.45, 7) is 3.18. The first-order chi connectivity index (χ1) is 10.4. The summed E-state index contributed by atoms with van der Waals surface area (Å²) in [5.41, 5.74) is 5.23. The van der Waals surface area contributed by atoms with Gasteiger partial charge in [0.1, 0.15) is 12.3 Å². The van der Waals surface area contributed by atoms with E-state index < -0.39 is 23.9 Å². The van der Waals surface area contributed by atoms with Crippen molar-refractivity contribution in [3.63, 3.8) is 0 Å². The zero-order valence-corrected chi connectivity index (χ0v) is 15.3. The van der Waals surface area contributed by atoms with Gasteiger partial charge in [-0.15, -0.1) is 0 Å². The topological polar surface area (TPSA) is 104 Å². The van der Waals surface area contributed by atoms with E-state index in [1.54, 1.807) is 0 Å². The number of quaternary nitrogens is 1. The Balaban J connectivity index is 4.58. The number of esters is 1. The monoisotopic (exact) mass is 347 g/mol. The highest BCUT2D eigenvalue weighted by Crippen LogP contribution is 2.17. The van der Waals surface area contributed by atoms with E-state index in [9.17, 15) is 19.2 Å². The summed E-state index contributed by atoms with van der Waals surface area (Å²) in [5.74, 6) is -1.68. The highest BCUT2D eigenvalue weighted by atomic mass is 32.2. The minimum atomic E-state index is -0.660. The molecule has 0 bridgehead atoms. The average molecular weight is 347 g/mol. The number of rotatable bonds is 10. The van der Waals surface area contributed by atoms with Crippen molar-refractivity contribution >= 4 is 34.5 Å². The fourth-order valence-corrected chi connectivity index (χ4v) is 2.99. The van der Waals surface area contributed by atoms with Crippen molar-refractivity contribution < 1.29 is 28.4 Å². The minimum Gasteiger partial charge on any atom is -0.456 e. The summed E-state index contributed by atoms with van der Waals surface area (Å²) in [6, 6.07) is 0. The number of hydrogen-bond acceptors (Lipinski definition) is 6. The molecule has 0 radical (unpaired) electrons. The predicted octanol–water partition coefficient (Wildman–Crippen LogP) is 0.355. The van der Waals surface area contributed by atoms with Crippen molar-refractivity contribution in [2.24, 2.45) is 11.7 Å². The number of likely N-dealkylation sites (N-methyl/N-ethyl adjacent to an activating group) is 1. The Hall–Kier alpha value is -1.41. The van der Waals surface area contributed by atoms with Crippen LogP contribution in [0.3, 0.4) is 0 Å². The van der Waals surface area contributed by atoms with E-state index in [-0.39, 0.29) is 29.5 Å². The largest absolute Gasteiger partial charge is 0.456 e. The third-order valence-corrected chi connectivity index (χ3v) is 3.92. The first kappa shape index (κ1) is 21.6. The number of Topliss-reactive ketones (excluding diaryl/α,β-unsaturated/α-hetero) is 1. The Morgan fingerprint density at radius 3 is 2.04 bits per heavy atom. The second-order valence-corrected chi connectivity index (χ2v) is 7.67. The van der Waals surface area contributed by atoms with Crippen LogP contribution < -0.4 is 5.73 Å². The number of nitrogens with two attached hydrogens (primary N) is 1. The highest BCUT2D eigenvalue weighted by Gasteiger charge is 2.25. The van der Waals surface area contributed by atoms with E-state index >= 15 is 0 Å². The first-order valence-corrected chi connectivity index (χ1v) is 8.31. The highest BCUT2D eigenvalue weighted by molar-refractivity contribution is 8.13. The van der Waals surface area contributed by atoms with Crippen molar-refractivity contribution in [3.05, 3.63) is 0 Å². The van der Waals surface area contributed by atoms with Gasteiger partial charge in [0, 0.05) is 19.1 Å². The molecule has 2 N–H and O–H groups in total. The van der Waals surface area contributed by atoms with Crippen molar-refractivity contribution in [1.29, 1.82) is 0 Å². The standard InChI is InChI=1S/C15H26N2O5S/c1-10(18)6-12(15(16)21)9-23-14(20)7-13(22-11(2)19)8-17(3,4)5/h12-13H,6-9H2,1-5H3,(H-,16,21)/p+1/t12?,13-/m1/s1. The van der Waals surface area contributed by atoms with E-state index in [1.807, 2.05) is 21.1 Å². The van der Waals surface area contributed by atoms with Gasteiger partial charge in [-0.25, -0.2) is 0 Å². The first-order valence-electron chi connectivity index (χ1n) is 7.32. The lowest BCUT2D eigenvalue weighted by atomic mass is 10.1. The molecule has 0 aromatic rings. The fourth-order valence-electron chi connectivity index (χ4n) is 2.02. The molecule has 0 heterocycles. The molecule has 1 amide bonds. The Morgan fingerprint density at radius 2 is 1.65 bits per heavy atom. The van der Waals surface area contributed by atoms with E-state index in [4.69, 9.17) is 10.5 Å². The van der Waals surface area contributed by atoms with Crippen molar-refractivity contribution in [1.82, 2.24) is 0 Å². The Labute approximate surface area is 141 Å². The van der Waals surface area contributed by atoms with Crippen LogP contribution in [0.1, 0.15) is 26.7 Å². The lowest BCUT2D eigenvalue weighted by Gasteiger charge is -2.28. The maximum atomic E-state index is 12.1. The number of carbonyl (C=O) groups is 4. The molecular weight excluding hydrogens is 320 g/mol. The van der Waals surface area contributed by atoms with Crippen LogP contribution in [0.15, 0.2) is 0 Å². The maximum absolute atomic E-state index is 12.1. The zero-order chi connectivity index (χ0) is 18.2. The van der Waals surface area contributed by atoms with Crippen LogP contribution in [-0.2, 0) is 23.9 Å². The molecule has 1 unspecified atom stereocenters. The Morgan fingerprint density at radius 1 is 1.09 bits per heavy atom. The molecular formula is C15H27N2O5S+. The molecule has 8 heteroatoms. The van der Waals surface area contributed by atoms with E-state index in [0.29, 0.717) is 11.0 Å². The molecule has 2 atom stereocenters. The van der Waals surface area contributed by atoms with Gasteiger partial charge in [-0.1, -0.05) is 11.8 Å². The molecule has 0 saturated carbocycles. The van der Waals surface area contributed by atoms with Gasteiger partial charge >= 0.3 is 5.97 Å². The molecule has 0 rings (SSSR count). The zero-order valence-electron chi connectivity index (χ0n) is 14.5. The van der Waals surface area contributed by atoms with Crippen molar-refractivity contribution in [2.75, 3.05) is 33.4 Å². The number of ketones is 1. The normalized spacial score (nSPS) is 14.0. The number of ether oxygens (including phenoxy) is 1. The SMILES string of the molecule is CC(=O)CC(CSC(=O)C[C@H](C[N+](C)(C)C)OC(C)=O)C(N)=O. The maximum Gasteiger partial charge on any atom is 0.303 e. The summed E-state index contributed by atoms with van der Waals surface area (Å²) < 4.78 is 5.73. The molecule has 0 aliphatic carbocycles. The van der Waals surface area contributed by atoms with E-state index in [2.05, 4.69) is 0 Å². The molecule has 0 saturated heterocycles. The van der Waals surface area contributed by atoms with Crippen LogP contribution >= 0.6 is 11.8 Å². The number of nitrogens with zero attached hydrogens (tertiary/aromatic N) is 1. The Kier molecular flexibility index (Phi) is 9.07. The van der Waals surface area contributed by atoms with Crippen LogP contribution in [0.2, 0.25) is 0 Å². The summed E-state index contributed by atoms with van der Waals surface area (Å²) in [6.07, 6.45) is -0.431. The molecule has 23 heavy (non-hydrogen) atoms. The molecule has 0 aromatic carbocycles. The third kappa shape index (κ3) is 11.8. The van der Waals surface area contributed by atoms with Gasteiger partial charge in [0.2, 0.25) is 5.91 Å². The van der Waals surface area contributed by atoms with Gasteiger partial charge in [-0.05, 0) is 6.92 Å². The molecule has 0 aromatic heterocycles. The van der Waals surface area contributed by atoms with Crippen molar-refractivity contribution in [2.45, 2.75) is 32.8 Å². The quantitative estimate of drug-likeness (QED) is 0.452. The number of primary amides is 1. The molecule has 0 aliphatic heterocycles. The predicted molar refractivity (Wildman–Crippen MR) is 88.5 cm³/mol. The lowest BCUT2D eigenvalue weighted by Crippen LogP contribution is -2.43. The van der Waals surface area contributed by atoms with Gasteiger partial charge in [-0.2, -0.15) is 0 Å². The van der Waals surface area contributed by atoms with Gasteiger partial charge in [-0.3, -0.25) is 14.4 Å². The van der Waals surface area contributed by atoms with E-state index in [1.165, 1.54) is 13.8 Å². The number of thioether (sulfide) groups is 1. The van der Waals surface area contributed by atoms with Crippen LogP contribution in [0, 0.1) is 5.92 Å².